The van der Waals surface area contributed by atoms with Gasteiger partial charge in [0.1, 0.15) is 0 Å². The lowest BCUT2D eigenvalue weighted by molar-refractivity contribution is 1.23. The Hall–Kier alpha value is -5.23. The van der Waals surface area contributed by atoms with Crippen molar-refractivity contribution in [2.45, 2.75) is 6.42 Å². The van der Waals surface area contributed by atoms with E-state index in [1.165, 1.54) is 0 Å². The fourth-order valence-corrected chi connectivity index (χ4v) is 7.54. The highest BCUT2D eigenvalue weighted by Crippen LogP contribution is 2.41. The van der Waals surface area contributed by atoms with E-state index >= 15 is 0 Å². The largest absolute Gasteiger partial charge is 0.354 e. The lowest BCUT2D eigenvalue weighted by atomic mass is 9.91. The highest BCUT2D eigenvalue weighted by atomic mass is 35.5. The Labute approximate surface area is 320 Å². The Morgan fingerprint density at radius 2 is 0.865 bits per heavy atom. The molecule has 3 aliphatic heterocycles. The number of aromatic nitrogens is 1. The number of nitrogens with one attached hydrogen (secondary N) is 1. The third-order valence-corrected chi connectivity index (χ3v) is 10.4. The number of nitrogens with zero attached hydrogens (tertiary/aromatic N) is 3. The summed E-state index contributed by atoms with van der Waals surface area (Å²) in [4.78, 5) is 19.3. The van der Waals surface area contributed by atoms with E-state index in [-0.39, 0.29) is 0 Å². The van der Waals surface area contributed by atoms with Crippen molar-refractivity contribution in [3.8, 4) is 0 Å². The highest BCUT2D eigenvalue weighted by Gasteiger charge is 2.27. The number of aliphatic imine (C=N–C) groups is 3. The summed E-state index contributed by atoms with van der Waals surface area (Å²) < 4.78 is 0. The number of fused-ring (bicyclic) bond motifs is 6. The number of hydrogen-bond donors (Lipinski definition) is 1. The van der Waals surface area contributed by atoms with Crippen LogP contribution in [0.4, 0.5) is 0 Å². The Morgan fingerprint density at radius 3 is 1.38 bits per heavy atom. The quantitative estimate of drug-likeness (QED) is 0.190. The Morgan fingerprint density at radius 1 is 0.423 bits per heavy atom. The molecule has 4 heterocycles. The van der Waals surface area contributed by atoms with Crippen LogP contribution in [0.15, 0.2) is 171 Å². The number of halogens is 4. The minimum Gasteiger partial charge on any atom is -0.354 e. The van der Waals surface area contributed by atoms with Crippen LogP contribution in [0.2, 0.25) is 20.1 Å². The second-order valence-corrected chi connectivity index (χ2v) is 14.4. The normalized spacial score (nSPS) is 16.5. The molecule has 0 atom stereocenters. The van der Waals surface area contributed by atoms with Crippen LogP contribution in [0.1, 0.15) is 40.1 Å². The molecule has 0 amide bonds. The maximum absolute atomic E-state index is 6.38. The number of hydrogen-bond acceptors (Lipinski definition) is 3. The van der Waals surface area contributed by atoms with Gasteiger partial charge in [-0.25, -0.2) is 15.0 Å². The van der Waals surface area contributed by atoms with Crippen molar-refractivity contribution in [3.05, 3.63) is 210 Å². The predicted molar refractivity (Wildman–Crippen MR) is 219 cm³/mol. The van der Waals surface area contributed by atoms with E-state index < -0.39 is 0 Å². The first-order valence-electron chi connectivity index (χ1n) is 16.6. The van der Waals surface area contributed by atoms with E-state index in [0.29, 0.717) is 32.3 Å². The van der Waals surface area contributed by atoms with E-state index in [1.54, 1.807) is 0 Å². The molecule has 1 aromatic heterocycles. The van der Waals surface area contributed by atoms with Crippen LogP contribution in [-0.4, -0.2) is 22.6 Å². The number of benzene rings is 4. The molecular weight excluding hydrogens is 726 g/mol. The van der Waals surface area contributed by atoms with Crippen molar-refractivity contribution in [3.63, 3.8) is 0 Å². The molecule has 0 spiro atoms. The van der Waals surface area contributed by atoms with Gasteiger partial charge in [-0.3, -0.25) is 0 Å². The number of H-pyrrole nitrogens is 1. The minimum absolute atomic E-state index is 0.589. The van der Waals surface area contributed by atoms with Gasteiger partial charge in [0.15, 0.2) is 5.82 Å². The molecule has 1 N–H and O–H groups in total. The SMILES string of the molecule is Clc1ccc(C2=C3C=CC(=C(c4ccc(Cl)cc4)C4=NC(=C(c5ccc(Cl)cc5)c5ccc([nH]5)C(c5ccc(Cl)cc5)=C5C=CC2=N5)N=C4)C3)cc1. The molecule has 5 aromatic rings. The van der Waals surface area contributed by atoms with Crippen molar-refractivity contribution >= 4 is 86.3 Å². The zero-order valence-electron chi connectivity index (χ0n) is 27.3. The van der Waals surface area contributed by atoms with Gasteiger partial charge < -0.3 is 4.98 Å². The van der Waals surface area contributed by atoms with Crippen molar-refractivity contribution in [2.24, 2.45) is 15.0 Å². The molecule has 250 valence electrons. The minimum atomic E-state index is 0.589. The monoisotopic (exact) mass is 750 g/mol. The summed E-state index contributed by atoms with van der Waals surface area (Å²) in [7, 11) is 0. The molecule has 4 aromatic carbocycles. The molecule has 4 nitrogen and oxygen atoms in total. The topological polar surface area (TPSA) is 52.9 Å². The smallest absolute Gasteiger partial charge is 0.162 e. The van der Waals surface area contributed by atoms with E-state index in [2.05, 4.69) is 53.6 Å². The van der Waals surface area contributed by atoms with Crippen LogP contribution in [0, 0.1) is 0 Å². The number of aromatic amines is 1. The van der Waals surface area contributed by atoms with Gasteiger partial charge in [0.05, 0.1) is 29.0 Å². The summed E-state index contributed by atoms with van der Waals surface area (Å²) in [6.45, 7) is 0. The zero-order chi connectivity index (χ0) is 35.3. The second kappa shape index (κ2) is 13.4. The lowest BCUT2D eigenvalue weighted by Crippen LogP contribution is -2.05. The molecule has 0 unspecified atom stereocenters. The van der Waals surface area contributed by atoms with Crippen LogP contribution < -0.4 is 0 Å². The molecule has 8 bridgehead atoms. The van der Waals surface area contributed by atoms with Gasteiger partial charge in [-0.1, -0.05) is 107 Å². The summed E-state index contributed by atoms with van der Waals surface area (Å²) in [6.07, 6.45) is 11.1. The van der Waals surface area contributed by atoms with E-state index in [1.807, 2.05) is 91.1 Å². The van der Waals surface area contributed by atoms with Gasteiger partial charge in [0.25, 0.3) is 0 Å². The Bertz CT molecular complexity index is 2390. The first-order valence-corrected chi connectivity index (χ1v) is 18.2. The standard InChI is InChI=1S/C44H26Cl4N4/c45-31-11-3-25(4-12-31)40-29-1-2-30(23-29)41(26-5-13-32(46)14-6-26)39-24-49-44(52-39)43(28-9-17-34(48)18-10-28)38-22-21-37(51-38)42(36-20-19-35(40)50-36)27-7-15-33(47)16-8-27/h1-22,24,51H,23H2. The molecular formula is C44H26Cl4N4. The molecule has 4 aliphatic rings. The first kappa shape index (κ1) is 32.7. The third-order valence-electron chi connectivity index (χ3n) is 9.43. The van der Waals surface area contributed by atoms with Crippen LogP contribution in [0.5, 0.6) is 0 Å². The molecule has 1 aliphatic carbocycles. The molecule has 0 radical (unpaired) electrons. The van der Waals surface area contributed by atoms with Gasteiger partial charge in [-0.15, -0.1) is 0 Å². The maximum Gasteiger partial charge on any atom is 0.162 e. The summed E-state index contributed by atoms with van der Waals surface area (Å²) in [6, 6.07) is 35.6. The molecule has 0 saturated heterocycles. The zero-order valence-corrected chi connectivity index (χ0v) is 30.4. The van der Waals surface area contributed by atoms with Crippen molar-refractivity contribution in [2.75, 3.05) is 0 Å². The van der Waals surface area contributed by atoms with Gasteiger partial charge >= 0.3 is 0 Å². The fourth-order valence-electron chi connectivity index (χ4n) is 7.04. The van der Waals surface area contributed by atoms with Gasteiger partial charge in [0.2, 0.25) is 0 Å². The van der Waals surface area contributed by atoms with Crippen LogP contribution in [-0.2, 0) is 0 Å². The molecule has 8 heteroatoms. The Kier molecular flexibility index (Phi) is 8.41. The van der Waals surface area contributed by atoms with Crippen LogP contribution in [0.25, 0.3) is 22.3 Å². The maximum atomic E-state index is 6.38. The molecule has 52 heavy (non-hydrogen) atoms. The van der Waals surface area contributed by atoms with Crippen molar-refractivity contribution in [1.82, 2.24) is 4.98 Å². The van der Waals surface area contributed by atoms with E-state index in [9.17, 15) is 0 Å². The fraction of sp³-hybridized carbons (Fsp3) is 0.0227. The molecule has 0 fully saturated rings. The van der Waals surface area contributed by atoms with E-state index in [4.69, 9.17) is 61.4 Å². The average molecular weight is 753 g/mol. The van der Waals surface area contributed by atoms with Crippen molar-refractivity contribution < 1.29 is 0 Å². The lowest BCUT2D eigenvalue weighted by Gasteiger charge is -2.14. The summed E-state index contributed by atoms with van der Waals surface area (Å²) in [5.74, 6) is 0.589. The van der Waals surface area contributed by atoms with Crippen molar-refractivity contribution in [1.29, 1.82) is 0 Å². The molecule has 9 rings (SSSR count). The summed E-state index contributed by atoms with van der Waals surface area (Å²) in [5, 5.41) is 2.65. The van der Waals surface area contributed by atoms with Crippen LogP contribution in [0.3, 0.4) is 0 Å². The van der Waals surface area contributed by atoms with Crippen LogP contribution >= 0.6 is 46.4 Å². The average Bonchev–Trinajstić information content (AvgIpc) is 3.99. The van der Waals surface area contributed by atoms with Gasteiger partial charge in [-0.05, 0) is 113 Å². The number of rotatable bonds is 4. The summed E-state index contributed by atoms with van der Waals surface area (Å²) in [5.41, 5.74) is 14.2. The third kappa shape index (κ3) is 6.08. The van der Waals surface area contributed by atoms with Gasteiger partial charge in [0, 0.05) is 48.1 Å². The Balaban J connectivity index is 1.35. The summed E-state index contributed by atoms with van der Waals surface area (Å²) >= 11 is 25.5. The number of allylic oxidation sites excluding steroid dienone is 8. The highest BCUT2D eigenvalue weighted by molar-refractivity contribution is 6.52. The van der Waals surface area contributed by atoms with E-state index in [0.717, 1.165) is 84.2 Å². The first-order chi connectivity index (χ1) is 25.4. The van der Waals surface area contributed by atoms with Gasteiger partial charge in [-0.2, -0.15) is 0 Å². The molecule has 0 saturated carbocycles. The predicted octanol–water partition coefficient (Wildman–Crippen LogP) is 12.5. The second-order valence-electron chi connectivity index (χ2n) is 12.7.